The van der Waals surface area contributed by atoms with E-state index in [9.17, 15) is 10.1 Å². The van der Waals surface area contributed by atoms with E-state index in [2.05, 4.69) is 15.5 Å². The van der Waals surface area contributed by atoms with Crippen molar-refractivity contribution in [2.45, 2.75) is 30.0 Å². The Labute approximate surface area is 124 Å². The van der Waals surface area contributed by atoms with Crippen LogP contribution < -0.4 is 5.32 Å². The molecule has 0 fully saturated rings. The number of nitro groups is 1. The molecule has 0 amide bonds. The number of non-ortho nitro benzene ring substituents is 1. The molecule has 20 heavy (non-hydrogen) atoms. The van der Waals surface area contributed by atoms with Crippen LogP contribution in [0.4, 0.5) is 10.8 Å². The monoisotopic (exact) mass is 310 g/mol. The van der Waals surface area contributed by atoms with E-state index in [-0.39, 0.29) is 10.6 Å². The van der Waals surface area contributed by atoms with Gasteiger partial charge in [-0.15, -0.1) is 10.2 Å². The van der Waals surface area contributed by atoms with Crippen LogP contribution in [0, 0.1) is 10.1 Å². The first-order chi connectivity index (χ1) is 9.54. The minimum Gasteiger partial charge on any atom is -0.358 e. The van der Waals surface area contributed by atoms with E-state index < -0.39 is 0 Å². The van der Waals surface area contributed by atoms with Crippen molar-refractivity contribution in [2.75, 3.05) is 5.32 Å². The Morgan fingerprint density at radius 3 is 2.95 bits per heavy atom. The van der Waals surface area contributed by atoms with Gasteiger partial charge in [-0.1, -0.05) is 35.2 Å². The summed E-state index contributed by atoms with van der Waals surface area (Å²) in [7, 11) is 0. The topological polar surface area (TPSA) is 81.0 Å². The molecule has 0 spiro atoms. The van der Waals surface area contributed by atoms with Crippen molar-refractivity contribution >= 4 is 33.9 Å². The largest absolute Gasteiger partial charge is 0.358 e. The normalized spacial score (nSPS) is 10.8. The lowest BCUT2D eigenvalue weighted by molar-refractivity contribution is -0.384. The minimum atomic E-state index is -0.385. The third-order valence-electron chi connectivity index (χ3n) is 2.30. The maximum atomic E-state index is 10.7. The smallest absolute Gasteiger partial charge is 0.269 e. The maximum absolute atomic E-state index is 10.7. The Hall–Kier alpha value is -1.67. The van der Waals surface area contributed by atoms with Gasteiger partial charge in [0, 0.05) is 23.9 Å². The van der Waals surface area contributed by atoms with Crippen molar-refractivity contribution in [2.24, 2.45) is 0 Å². The van der Waals surface area contributed by atoms with E-state index in [1.54, 1.807) is 12.1 Å². The number of anilines is 1. The fourth-order valence-electron chi connectivity index (χ4n) is 1.48. The van der Waals surface area contributed by atoms with Gasteiger partial charge in [0.25, 0.3) is 5.69 Å². The fourth-order valence-corrected chi connectivity index (χ4v) is 3.32. The zero-order valence-corrected chi connectivity index (χ0v) is 12.7. The minimum absolute atomic E-state index is 0.113. The lowest BCUT2D eigenvalue weighted by Crippen LogP contribution is -2.08. The second-order valence-corrected chi connectivity index (χ2v) is 6.59. The molecule has 2 rings (SSSR count). The average molecular weight is 310 g/mol. The summed E-state index contributed by atoms with van der Waals surface area (Å²) in [6.45, 7) is 4.08. The van der Waals surface area contributed by atoms with Crippen LogP contribution in [0.5, 0.6) is 0 Å². The van der Waals surface area contributed by atoms with E-state index in [0.29, 0.717) is 11.8 Å². The molecule has 8 heteroatoms. The van der Waals surface area contributed by atoms with Crippen LogP contribution in [-0.4, -0.2) is 21.2 Å². The summed E-state index contributed by atoms with van der Waals surface area (Å²) in [6, 6.07) is 6.96. The highest BCUT2D eigenvalue weighted by molar-refractivity contribution is 8.00. The van der Waals surface area contributed by atoms with E-state index in [1.807, 2.05) is 19.9 Å². The molecule has 0 bridgehead atoms. The summed E-state index contributed by atoms with van der Waals surface area (Å²) in [5.74, 6) is 0.637. The van der Waals surface area contributed by atoms with Gasteiger partial charge in [-0.3, -0.25) is 10.1 Å². The van der Waals surface area contributed by atoms with E-state index in [1.165, 1.54) is 29.2 Å². The Morgan fingerprint density at radius 2 is 2.25 bits per heavy atom. The lowest BCUT2D eigenvalue weighted by atomic mass is 10.2. The molecule has 0 saturated heterocycles. The first kappa shape index (κ1) is 14.7. The standard InChI is InChI=1S/C12H14N4O2S2/c1-8(2)13-11-14-15-12(20-11)19-7-9-4-3-5-10(6-9)16(17)18/h3-6,8H,7H2,1-2H3,(H,13,14). The van der Waals surface area contributed by atoms with Gasteiger partial charge >= 0.3 is 0 Å². The van der Waals surface area contributed by atoms with Gasteiger partial charge in [0.2, 0.25) is 5.13 Å². The molecule has 6 nitrogen and oxygen atoms in total. The van der Waals surface area contributed by atoms with Gasteiger partial charge in [-0.05, 0) is 19.4 Å². The summed E-state index contributed by atoms with van der Waals surface area (Å²) >= 11 is 3.01. The molecule has 1 aromatic carbocycles. The molecule has 1 aromatic heterocycles. The first-order valence-electron chi connectivity index (χ1n) is 6.01. The van der Waals surface area contributed by atoms with Gasteiger partial charge in [-0.25, -0.2) is 0 Å². The number of rotatable bonds is 6. The molecule has 2 aromatic rings. The molecule has 0 saturated carbocycles. The molecule has 0 radical (unpaired) electrons. The van der Waals surface area contributed by atoms with Crippen LogP contribution >= 0.6 is 23.1 Å². The molecule has 106 valence electrons. The van der Waals surface area contributed by atoms with Crippen molar-refractivity contribution in [1.82, 2.24) is 10.2 Å². The Balaban J connectivity index is 1.96. The molecule has 0 aliphatic heterocycles. The Kier molecular flexibility index (Phi) is 4.91. The maximum Gasteiger partial charge on any atom is 0.269 e. The summed E-state index contributed by atoms with van der Waals surface area (Å²) in [4.78, 5) is 10.3. The second-order valence-electron chi connectivity index (χ2n) is 4.39. The van der Waals surface area contributed by atoms with E-state index in [4.69, 9.17) is 0 Å². The predicted molar refractivity (Wildman–Crippen MR) is 81.3 cm³/mol. The number of thioether (sulfide) groups is 1. The first-order valence-corrected chi connectivity index (χ1v) is 7.81. The van der Waals surface area contributed by atoms with Gasteiger partial charge in [0.15, 0.2) is 4.34 Å². The van der Waals surface area contributed by atoms with E-state index >= 15 is 0 Å². The zero-order chi connectivity index (χ0) is 14.5. The van der Waals surface area contributed by atoms with E-state index in [0.717, 1.165) is 15.0 Å². The average Bonchev–Trinajstić information content (AvgIpc) is 2.83. The number of nitrogens with zero attached hydrogens (tertiary/aromatic N) is 3. The van der Waals surface area contributed by atoms with Gasteiger partial charge in [0.05, 0.1) is 4.92 Å². The van der Waals surface area contributed by atoms with Gasteiger partial charge < -0.3 is 5.32 Å². The number of hydrogen-bond donors (Lipinski definition) is 1. The molecule has 0 aliphatic carbocycles. The van der Waals surface area contributed by atoms with Crippen LogP contribution in [0.1, 0.15) is 19.4 Å². The van der Waals surface area contributed by atoms with Gasteiger partial charge in [-0.2, -0.15) is 0 Å². The van der Waals surface area contributed by atoms with Crippen LogP contribution in [0.25, 0.3) is 0 Å². The lowest BCUT2D eigenvalue weighted by Gasteiger charge is -2.03. The number of nitro benzene ring substituents is 1. The summed E-state index contributed by atoms with van der Waals surface area (Å²) in [6.07, 6.45) is 0. The van der Waals surface area contributed by atoms with Crippen molar-refractivity contribution in [3.63, 3.8) is 0 Å². The number of nitrogens with one attached hydrogen (secondary N) is 1. The van der Waals surface area contributed by atoms with Crippen molar-refractivity contribution in [1.29, 1.82) is 0 Å². The summed E-state index contributed by atoms with van der Waals surface area (Å²) in [5, 5.41) is 22.8. The fraction of sp³-hybridized carbons (Fsp3) is 0.333. The van der Waals surface area contributed by atoms with Crippen LogP contribution in [-0.2, 0) is 5.75 Å². The second kappa shape index (κ2) is 6.67. The predicted octanol–water partition coefficient (Wildman–Crippen LogP) is 3.56. The number of aromatic nitrogens is 2. The molecule has 0 atom stereocenters. The quantitative estimate of drug-likeness (QED) is 0.499. The SMILES string of the molecule is CC(C)Nc1nnc(SCc2cccc([N+](=O)[O-])c2)s1. The highest BCUT2D eigenvalue weighted by atomic mass is 32.2. The van der Waals surface area contributed by atoms with Crippen LogP contribution in [0.15, 0.2) is 28.6 Å². The van der Waals surface area contributed by atoms with Crippen molar-refractivity contribution < 1.29 is 4.92 Å². The molecular weight excluding hydrogens is 296 g/mol. The third kappa shape index (κ3) is 4.17. The highest BCUT2D eigenvalue weighted by Gasteiger charge is 2.08. The molecule has 0 aliphatic rings. The molecular formula is C12H14N4O2S2. The van der Waals surface area contributed by atoms with Crippen LogP contribution in [0.3, 0.4) is 0 Å². The Morgan fingerprint density at radius 1 is 1.45 bits per heavy atom. The highest BCUT2D eigenvalue weighted by Crippen LogP contribution is 2.29. The van der Waals surface area contributed by atoms with Gasteiger partial charge in [0.1, 0.15) is 0 Å². The molecule has 1 N–H and O–H groups in total. The third-order valence-corrected chi connectivity index (χ3v) is 4.36. The van der Waals surface area contributed by atoms with Crippen molar-refractivity contribution in [3.05, 3.63) is 39.9 Å². The zero-order valence-electron chi connectivity index (χ0n) is 11.1. The molecule has 1 heterocycles. The number of hydrogen-bond acceptors (Lipinski definition) is 7. The number of benzene rings is 1. The summed E-state index contributed by atoms with van der Waals surface area (Å²) in [5.41, 5.74) is 1.01. The van der Waals surface area contributed by atoms with Crippen molar-refractivity contribution in [3.8, 4) is 0 Å². The Bertz CT molecular complexity index is 601. The molecule has 0 unspecified atom stereocenters. The van der Waals surface area contributed by atoms with Crippen LogP contribution in [0.2, 0.25) is 0 Å². The summed E-state index contributed by atoms with van der Waals surface area (Å²) < 4.78 is 0.847.